The topological polar surface area (TPSA) is 69.1 Å². The van der Waals surface area contributed by atoms with Gasteiger partial charge in [-0.2, -0.15) is 0 Å². The molecule has 1 aliphatic rings. The first kappa shape index (κ1) is 6.07. The quantitative estimate of drug-likeness (QED) is 0.477. The van der Waals surface area contributed by atoms with Crippen molar-refractivity contribution in [2.45, 2.75) is 18.4 Å². The summed E-state index contributed by atoms with van der Waals surface area (Å²) in [4.78, 5) is 10.6. The van der Waals surface area contributed by atoms with Crippen LogP contribution in [0.1, 0.15) is 12.8 Å². The molecule has 1 rings (SSSR count). The number of nitrogens with two attached hydrogens (primary N) is 2. The summed E-state index contributed by atoms with van der Waals surface area (Å²) in [5, 5.41) is 4.90. The van der Waals surface area contributed by atoms with Crippen molar-refractivity contribution < 1.29 is 4.79 Å². The van der Waals surface area contributed by atoms with Crippen LogP contribution in [0, 0.1) is 0 Å². The maximum Gasteiger partial charge on any atom is 0.223 e. The number of hydrogen-bond donors (Lipinski definition) is 2. The molecule has 0 aromatic rings. The van der Waals surface area contributed by atoms with Gasteiger partial charge in [0.25, 0.3) is 0 Å². The monoisotopic (exact) mass is 132 g/mol. The van der Waals surface area contributed by atoms with Crippen LogP contribution in [-0.4, -0.2) is 10.7 Å². The van der Waals surface area contributed by atoms with Crippen LogP contribution in [0.25, 0.3) is 0 Å². The van der Waals surface area contributed by atoms with Crippen molar-refractivity contribution in [3.05, 3.63) is 0 Å². The van der Waals surface area contributed by atoms with Crippen molar-refractivity contribution in [1.82, 2.24) is 0 Å². The van der Waals surface area contributed by atoms with E-state index in [4.69, 9.17) is 10.9 Å². The van der Waals surface area contributed by atoms with Gasteiger partial charge in [-0.1, -0.05) is 0 Å². The van der Waals surface area contributed by atoms with Gasteiger partial charge in [0.1, 0.15) is 0 Å². The molecule has 0 saturated heterocycles. The van der Waals surface area contributed by atoms with Gasteiger partial charge in [-0.3, -0.25) is 9.93 Å². The van der Waals surface area contributed by atoms with Gasteiger partial charge >= 0.3 is 0 Å². The van der Waals surface area contributed by atoms with Gasteiger partial charge in [0, 0.05) is 0 Å². The van der Waals surface area contributed by atoms with Crippen molar-refractivity contribution in [3.63, 3.8) is 0 Å². The third kappa shape index (κ3) is 0.866. The Morgan fingerprint density at radius 3 is 2.25 bits per heavy atom. The third-order valence-corrected chi connectivity index (χ3v) is 1.92. The first-order valence-corrected chi connectivity index (χ1v) is 3.27. The van der Waals surface area contributed by atoms with Gasteiger partial charge in [0.05, 0.1) is 5.54 Å². The van der Waals surface area contributed by atoms with Crippen LogP contribution in [0.4, 0.5) is 0 Å². The summed E-state index contributed by atoms with van der Waals surface area (Å²) in [6.45, 7) is 0. The van der Waals surface area contributed by atoms with Crippen molar-refractivity contribution >= 4 is 17.1 Å². The zero-order valence-electron chi connectivity index (χ0n) is 4.39. The Balaban J connectivity index is 2.46. The van der Waals surface area contributed by atoms with Gasteiger partial charge in [-0.25, -0.2) is 0 Å². The zero-order chi connectivity index (χ0) is 6.20. The molecule has 0 aromatic carbocycles. The minimum Gasteiger partial charge on any atom is -0.318 e. The molecule has 0 aliphatic heterocycles. The summed E-state index contributed by atoms with van der Waals surface area (Å²) in [6, 6.07) is 0. The Kier molecular flexibility index (Phi) is 1.30. The minimum absolute atomic E-state index is 0.0856. The highest BCUT2D eigenvalue weighted by molar-refractivity contribution is 8.11. The fourth-order valence-electron chi connectivity index (χ4n) is 0.456. The second-order valence-electron chi connectivity index (χ2n) is 2.06. The molecule has 3 nitrogen and oxygen atoms in total. The molecule has 0 spiro atoms. The smallest absolute Gasteiger partial charge is 0.223 e. The largest absolute Gasteiger partial charge is 0.318 e. The molecule has 4 N–H and O–H groups in total. The summed E-state index contributed by atoms with van der Waals surface area (Å²) in [7, 11) is 0. The third-order valence-electron chi connectivity index (χ3n) is 1.30. The van der Waals surface area contributed by atoms with Crippen molar-refractivity contribution in [2.24, 2.45) is 10.9 Å². The fraction of sp³-hybridized carbons (Fsp3) is 0.750. The number of rotatable bonds is 1. The van der Waals surface area contributed by atoms with Crippen LogP contribution in [-0.2, 0) is 4.79 Å². The lowest BCUT2D eigenvalue weighted by atomic mass is 10.3. The molecule has 0 aromatic heterocycles. The SMILES string of the molecule is NSC(=O)C1(N)CC1. The molecule has 0 radical (unpaired) electrons. The summed E-state index contributed by atoms with van der Waals surface area (Å²) in [5.41, 5.74) is 4.91. The number of hydrogen-bond acceptors (Lipinski definition) is 4. The summed E-state index contributed by atoms with van der Waals surface area (Å²) < 4.78 is 0. The Bertz CT molecular complexity index is 121. The maximum absolute atomic E-state index is 10.6. The average Bonchev–Trinajstić information content (AvgIpc) is 2.47. The lowest BCUT2D eigenvalue weighted by Gasteiger charge is -2.00. The first-order chi connectivity index (χ1) is 3.69. The van der Waals surface area contributed by atoms with Crippen molar-refractivity contribution in [1.29, 1.82) is 0 Å². The summed E-state index contributed by atoms with van der Waals surface area (Å²) >= 11 is 0.730. The molecule has 0 unspecified atom stereocenters. The van der Waals surface area contributed by atoms with E-state index in [1.165, 1.54) is 0 Å². The van der Waals surface area contributed by atoms with Crippen LogP contribution in [0.15, 0.2) is 0 Å². The van der Waals surface area contributed by atoms with Gasteiger partial charge < -0.3 is 5.73 Å². The predicted molar refractivity (Wildman–Crippen MR) is 32.9 cm³/mol. The lowest BCUT2D eigenvalue weighted by Crippen LogP contribution is -2.31. The van der Waals surface area contributed by atoms with E-state index in [2.05, 4.69) is 0 Å². The Labute approximate surface area is 51.9 Å². The van der Waals surface area contributed by atoms with Gasteiger partial charge in [0.2, 0.25) is 5.12 Å². The predicted octanol–water partition coefficient (Wildman–Crippen LogP) is -0.389. The molecule has 0 bridgehead atoms. The van der Waals surface area contributed by atoms with E-state index in [1.807, 2.05) is 0 Å². The van der Waals surface area contributed by atoms with Gasteiger partial charge in [-0.15, -0.1) is 0 Å². The Hall–Kier alpha value is -0.0600. The molecule has 0 amide bonds. The van der Waals surface area contributed by atoms with Crippen molar-refractivity contribution in [3.8, 4) is 0 Å². The molecule has 1 saturated carbocycles. The highest BCUT2D eigenvalue weighted by Gasteiger charge is 2.45. The van der Waals surface area contributed by atoms with Gasteiger partial charge in [-0.05, 0) is 24.8 Å². The van der Waals surface area contributed by atoms with E-state index in [0.717, 1.165) is 24.8 Å². The molecule has 1 fully saturated rings. The van der Waals surface area contributed by atoms with E-state index in [9.17, 15) is 4.79 Å². The maximum atomic E-state index is 10.6. The molecule has 0 heterocycles. The molecule has 8 heavy (non-hydrogen) atoms. The highest BCUT2D eigenvalue weighted by Crippen LogP contribution is 2.35. The van der Waals surface area contributed by atoms with Crippen molar-refractivity contribution in [2.75, 3.05) is 0 Å². The van der Waals surface area contributed by atoms with E-state index in [0.29, 0.717) is 0 Å². The van der Waals surface area contributed by atoms with E-state index in [-0.39, 0.29) is 5.12 Å². The highest BCUT2D eigenvalue weighted by atomic mass is 32.2. The van der Waals surface area contributed by atoms with E-state index >= 15 is 0 Å². The second-order valence-corrected chi connectivity index (χ2v) is 2.67. The second kappa shape index (κ2) is 1.72. The summed E-state index contributed by atoms with van der Waals surface area (Å²) in [6.07, 6.45) is 1.60. The molecule has 0 atom stereocenters. The zero-order valence-corrected chi connectivity index (χ0v) is 5.20. The normalized spacial score (nSPS) is 22.8. The number of carbonyl (C=O) groups is 1. The summed E-state index contributed by atoms with van der Waals surface area (Å²) in [5.74, 6) is 0. The van der Waals surface area contributed by atoms with Crippen LogP contribution >= 0.6 is 11.9 Å². The molecular weight excluding hydrogens is 124 g/mol. The molecule has 46 valence electrons. The molecule has 1 aliphatic carbocycles. The Morgan fingerprint density at radius 1 is 1.62 bits per heavy atom. The van der Waals surface area contributed by atoms with E-state index in [1.54, 1.807) is 0 Å². The average molecular weight is 132 g/mol. The minimum atomic E-state index is -0.542. The first-order valence-electron chi connectivity index (χ1n) is 2.39. The van der Waals surface area contributed by atoms with Crippen LogP contribution in [0.5, 0.6) is 0 Å². The lowest BCUT2D eigenvalue weighted by molar-refractivity contribution is -0.112. The number of carbonyl (C=O) groups excluding carboxylic acids is 1. The van der Waals surface area contributed by atoms with Gasteiger partial charge in [0.15, 0.2) is 0 Å². The molecule has 4 heteroatoms. The van der Waals surface area contributed by atoms with E-state index < -0.39 is 5.54 Å². The van der Waals surface area contributed by atoms with Crippen LogP contribution in [0.3, 0.4) is 0 Å². The van der Waals surface area contributed by atoms with Crippen LogP contribution in [0.2, 0.25) is 0 Å². The standard InChI is InChI=1S/C4H8N2OS/c5-4(1-2-4)3(7)8-6/h1-2,5-6H2. The molecular formula is C4H8N2OS. The Morgan fingerprint density at radius 2 is 2.12 bits per heavy atom. The van der Waals surface area contributed by atoms with Crippen LogP contribution < -0.4 is 10.9 Å². The fourth-order valence-corrected chi connectivity index (χ4v) is 0.895.